The zero-order valence-corrected chi connectivity index (χ0v) is 13.0. The van der Waals surface area contributed by atoms with Gasteiger partial charge in [0, 0.05) is 32.7 Å². The molecular formula is C15H18N4O3. The van der Waals surface area contributed by atoms with Crippen LogP contribution in [0.5, 0.6) is 0 Å². The number of rotatable bonds is 3. The summed E-state index contributed by atoms with van der Waals surface area (Å²) in [7, 11) is 2.89. The molecule has 0 radical (unpaired) electrons. The van der Waals surface area contributed by atoms with Gasteiger partial charge in [-0.25, -0.2) is 4.79 Å². The highest BCUT2D eigenvalue weighted by Crippen LogP contribution is 2.23. The predicted octanol–water partition coefficient (Wildman–Crippen LogP) is 0.395. The maximum Gasteiger partial charge on any atom is 0.330 e. The van der Waals surface area contributed by atoms with Gasteiger partial charge in [-0.2, -0.15) is 0 Å². The average Bonchev–Trinajstić information content (AvgIpc) is 2.51. The van der Waals surface area contributed by atoms with Crippen molar-refractivity contribution in [2.24, 2.45) is 14.1 Å². The molecule has 116 valence electrons. The summed E-state index contributed by atoms with van der Waals surface area (Å²) < 4.78 is 2.20. The number of nitrogens with one attached hydrogen (secondary N) is 1. The number of carbonyl (C=O) groups excluding carboxylic acids is 1. The number of aryl methyl sites for hydroxylation is 1. The molecule has 2 aromatic heterocycles. The Morgan fingerprint density at radius 3 is 2.55 bits per heavy atom. The van der Waals surface area contributed by atoms with Crippen LogP contribution in [0.2, 0.25) is 0 Å². The first-order valence-corrected chi connectivity index (χ1v) is 6.73. The van der Waals surface area contributed by atoms with E-state index in [2.05, 4.69) is 10.3 Å². The minimum atomic E-state index is -0.867. The molecular weight excluding hydrogens is 284 g/mol. The number of pyridine rings is 1. The minimum Gasteiger partial charge on any atom is -0.319 e. The Morgan fingerprint density at radius 2 is 1.95 bits per heavy atom. The molecule has 0 aliphatic rings. The van der Waals surface area contributed by atoms with Gasteiger partial charge >= 0.3 is 5.69 Å². The van der Waals surface area contributed by atoms with Crippen molar-refractivity contribution in [2.45, 2.75) is 19.3 Å². The summed E-state index contributed by atoms with van der Waals surface area (Å²) >= 11 is 0. The van der Waals surface area contributed by atoms with Crippen LogP contribution in [0.4, 0.5) is 5.69 Å². The summed E-state index contributed by atoms with van der Waals surface area (Å²) in [5.41, 5.74) is -1.07. The van der Waals surface area contributed by atoms with E-state index in [0.717, 1.165) is 10.1 Å². The quantitative estimate of drug-likeness (QED) is 0.889. The Balaban J connectivity index is 2.38. The normalized spacial score (nSPS) is 11.3. The number of nitrogens with zero attached hydrogens (tertiary/aromatic N) is 3. The molecule has 0 spiro atoms. The highest BCUT2D eigenvalue weighted by Gasteiger charge is 2.30. The molecule has 0 bridgehead atoms. The molecule has 0 saturated heterocycles. The Bertz CT molecular complexity index is 819. The number of hydrogen-bond acceptors (Lipinski definition) is 4. The van der Waals surface area contributed by atoms with Gasteiger partial charge in [-0.3, -0.25) is 19.1 Å². The molecule has 2 heterocycles. The van der Waals surface area contributed by atoms with Crippen LogP contribution in [-0.4, -0.2) is 20.0 Å². The van der Waals surface area contributed by atoms with Crippen molar-refractivity contribution in [2.75, 3.05) is 5.32 Å². The fourth-order valence-electron chi connectivity index (χ4n) is 2.04. The van der Waals surface area contributed by atoms with Crippen LogP contribution < -0.4 is 16.6 Å². The van der Waals surface area contributed by atoms with Crippen molar-refractivity contribution >= 4 is 11.6 Å². The first-order chi connectivity index (χ1) is 10.2. The first kappa shape index (κ1) is 15.7. The molecule has 0 aliphatic carbocycles. The summed E-state index contributed by atoms with van der Waals surface area (Å²) in [5.74, 6) is -0.351. The lowest BCUT2D eigenvalue weighted by Crippen LogP contribution is -2.41. The Kier molecular flexibility index (Phi) is 3.99. The number of amides is 1. The molecule has 0 atom stereocenters. The third kappa shape index (κ3) is 2.69. The summed E-state index contributed by atoms with van der Waals surface area (Å²) in [6, 6.07) is 3.54. The van der Waals surface area contributed by atoms with Gasteiger partial charge in [0.25, 0.3) is 5.56 Å². The summed E-state index contributed by atoms with van der Waals surface area (Å²) in [6.07, 6.45) is 4.56. The van der Waals surface area contributed by atoms with E-state index in [0.29, 0.717) is 0 Å². The molecule has 7 nitrogen and oxygen atoms in total. The van der Waals surface area contributed by atoms with Crippen molar-refractivity contribution in [3.63, 3.8) is 0 Å². The van der Waals surface area contributed by atoms with Crippen LogP contribution in [0, 0.1) is 0 Å². The smallest absolute Gasteiger partial charge is 0.319 e. The van der Waals surface area contributed by atoms with Crippen molar-refractivity contribution in [3.05, 3.63) is 57.1 Å². The minimum absolute atomic E-state index is 0.0616. The molecule has 2 rings (SSSR count). The van der Waals surface area contributed by atoms with Crippen LogP contribution in [0.3, 0.4) is 0 Å². The van der Waals surface area contributed by atoms with Gasteiger partial charge in [0.1, 0.15) is 5.69 Å². The van der Waals surface area contributed by atoms with Gasteiger partial charge in [0.2, 0.25) is 5.91 Å². The molecule has 1 amide bonds. The van der Waals surface area contributed by atoms with E-state index in [1.165, 1.54) is 24.9 Å². The summed E-state index contributed by atoms with van der Waals surface area (Å²) in [6.45, 7) is 3.48. The number of hydrogen-bond donors (Lipinski definition) is 1. The van der Waals surface area contributed by atoms with Crippen LogP contribution in [0.25, 0.3) is 0 Å². The molecule has 0 unspecified atom stereocenters. The van der Waals surface area contributed by atoms with Crippen LogP contribution in [0.1, 0.15) is 19.4 Å². The SMILES string of the molecule is Cn1cc(NC(=O)C(C)(C)c2cccnc2)c(=O)n(C)c1=O. The fourth-order valence-corrected chi connectivity index (χ4v) is 2.04. The zero-order valence-electron chi connectivity index (χ0n) is 13.0. The van der Waals surface area contributed by atoms with E-state index >= 15 is 0 Å². The van der Waals surface area contributed by atoms with Gasteiger partial charge < -0.3 is 9.88 Å². The lowest BCUT2D eigenvalue weighted by atomic mass is 9.85. The van der Waals surface area contributed by atoms with Gasteiger partial charge in [-0.15, -0.1) is 0 Å². The van der Waals surface area contributed by atoms with Gasteiger partial charge in [0.05, 0.1) is 5.41 Å². The molecule has 0 aromatic carbocycles. The average molecular weight is 302 g/mol. The van der Waals surface area contributed by atoms with Gasteiger partial charge in [-0.1, -0.05) is 6.07 Å². The molecule has 22 heavy (non-hydrogen) atoms. The highest BCUT2D eigenvalue weighted by molar-refractivity contribution is 5.98. The number of carbonyl (C=O) groups is 1. The summed E-state index contributed by atoms with van der Waals surface area (Å²) in [4.78, 5) is 40.2. The van der Waals surface area contributed by atoms with E-state index in [9.17, 15) is 14.4 Å². The van der Waals surface area contributed by atoms with Crippen molar-refractivity contribution in [3.8, 4) is 0 Å². The second kappa shape index (κ2) is 5.59. The second-order valence-electron chi connectivity index (χ2n) is 5.62. The molecule has 0 fully saturated rings. The number of aromatic nitrogens is 3. The second-order valence-corrected chi connectivity index (χ2v) is 5.62. The van der Waals surface area contributed by atoms with Crippen LogP contribution in [-0.2, 0) is 24.3 Å². The van der Waals surface area contributed by atoms with Gasteiger partial charge in [0.15, 0.2) is 0 Å². The van der Waals surface area contributed by atoms with Crippen LogP contribution >= 0.6 is 0 Å². The van der Waals surface area contributed by atoms with E-state index in [1.807, 2.05) is 0 Å². The van der Waals surface area contributed by atoms with Crippen molar-refractivity contribution in [1.29, 1.82) is 0 Å². The monoisotopic (exact) mass is 302 g/mol. The molecule has 1 N–H and O–H groups in total. The first-order valence-electron chi connectivity index (χ1n) is 6.73. The van der Waals surface area contributed by atoms with E-state index < -0.39 is 16.7 Å². The van der Waals surface area contributed by atoms with Crippen LogP contribution in [0.15, 0.2) is 40.3 Å². The Labute approximate surface area is 127 Å². The maximum absolute atomic E-state index is 12.5. The third-order valence-corrected chi connectivity index (χ3v) is 3.65. The van der Waals surface area contributed by atoms with E-state index in [1.54, 1.807) is 38.4 Å². The lowest BCUT2D eigenvalue weighted by molar-refractivity contribution is -0.120. The Hall–Kier alpha value is -2.70. The van der Waals surface area contributed by atoms with Crippen molar-refractivity contribution < 1.29 is 4.79 Å². The topological polar surface area (TPSA) is 86.0 Å². The highest BCUT2D eigenvalue weighted by atomic mass is 16.2. The molecule has 2 aromatic rings. The van der Waals surface area contributed by atoms with E-state index in [4.69, 9.17) is 0 Å². The third-order valence-electron chi connectivity index (χ3n) is 3.65. The lowest BCUT2D eigenvalue weighted by Gasteiger charge is -2.23. The predicted molar refractivity (Wildman–Crippen MR) is 82.8 cm³/mol. The molecule has 0 saturated carbocycles. The van der Waals surface area contributed by atoms with E-state index in [-0.39, 0.29) is 11.6 Å². The summed E-state index contributed by atoms with van der Waals surface area (Å²) in [5, 5.41) is 2.60. The standard InChI is InChI=1S/C15H18N4O3/c1-15(2,10-6-5-7-16-8-10)13(21)17-11-9-18(3)14(22)19(4)12(11)20/h5-9H,1-4H3,(H,17,21). The molecule has 0 aliphatic heterocycles. The maximum atomic E-state index is 12.5. The largest absolute Gasteiger partial charge is 0.330 e. The molecule has 7 heteroatoms. The fraction of sp³-hybridized carbons (Fsp3) is 0.333. The zero-order chi connectivity index (χ0) is 16.5. The van der Waals surface area contributed by atoms with Gasteiger partial charge in [-0.05, 0) is 25.5 Å². The number of anilines is 1. The Morgan fingerprint density at radius 1 is 1.27 bits per heavy atom. The van der Waals surface area contributed by atoms with Crippen molar-refractivity contribution in [1.82, 2.24) is 14.1 Å².